The maximum absolute atomic E-state index is 13.1. The third kappa shape index (κ3) is 4.84. The van der Waals surface area contributed by atoms with Crippen LogP contribution in [-0.2, 0) is 9.53 Å². The summed E-state index contributed by atoms with van der Waals surface area (Å²) in [7, 11) is 0. The predicted molar refractivity (Wildman–Crippen MR) is 114 cm³/mol. The number of rotatable bonds is 6. The number of hydrogen-bond acceptors (Lipinski definition) is 5. The summed E-state index contributed by atoms with van der Waals surface area (Å²) in [4.78, 5) is 31.2. The molecule has 1 aromatic rings. The summed E-state index contributed by atoms with van der Waals surface area (Å²) in [6, 6.07) is 3.81. The molecule has 6 nitrogen and oxygen atoms in total. The molecule has 0 bridgehead atoms. The standard InChI is InChI=1S/C22H33N3O3S/c26-20(23-9-5-10-24-11-13-28-14-12-24)18-16-25(21(27)19-6-4-15-29-19)17-22(18)7-2-1-3-8-22/h4,6,15,18H,1-3,5,7-14,16-17H2,(H,23,26)/t18-/m0/s1. The van der Waals surface area contributed by atoms with Gasteiger partial charge in [0, 0.05) is 38.1 Å². The van der Waals surface area contributed by atoms with E-state index in [0.717, 1.165) is 63.5 Å². The summed E-state index contributed by atoms with van der Waals surface area (Å²) in [5.74, 6) is 0.165. The molecule has 1 aromatic heterocycles. The van der Waals surface area contributed by atoms with Gasteiger partial charge in [0.15, 0.2) is 0 Å². The monoisotopic (exact) mass is 419 g/mol. The van der Waals surface area contributed by atoms with Crippen LogP contribution < -0.4 is 5.32 Å². The van der Waals surface area contributed by atoms with Crippen LogP contribution in [0.5, 0.6) is 0 Å². The summed E-state index contributed by atoms with van der Waals surface area (Å²) in [6.45, 7) is 6.60. The largest absolute Gasteiger partial charge is 0.379 e. The van der Waals surface area contributed by atoms with Crippen molar-refractivity contribution >= 4 is 23.2 Å². The third-order valence-corrected chi connectivity index (χ3v) is 7.74. The van der Waals surface area contributed by atoms with Gasteiger partial charge in [0.05, 0.1) is 24.0 Å². The van der Waals surface area contributed by atoms with Gasteiger partial charge in [0.1, 0.15) is 0 Å². The Kier molecular flexibility index (Phi) is 6.88. The zero-order chi connectivity index (χ0) is 20.1. The van der Waals surface area contributed by atoms with Crippen LogP contribution in [0.2, 0.25) is 0 Å². The molecule has 1 saturated carbocycles. The molecule has 3 fully saturated rings. The minimum absolute atomic E-state index is 0.0283. The van der Waals surface area contributed by atoms with Gasteiger partial charge >= 0.3 is 0 Å². The molecule has 1 spiro atoms. The van der Waals surface area contributed by atoms with E-state index in [9.17, 15) is 9.59 Å². The van der Waals surface area contributed by atoms with E-state index < -0.39 is 0 Å². The molecule has 4 rings (SSSR count). The highest BCUT2D eigenvalue weighted by Gasteiger charge is 2.51. The summed E-state index contributed by atoms with van der Waals surface area (Å²) >= 11 is 1.49. The van der Waals surface area contributed by atoms with E-state index >= 15 is 0 Å². The molecular weight excluding hydrogens is 386 g/mol. The van der Waals surface area contributed by atoms with E-state index in [2.05, 4.69) is 10.2 Å². The molecule has 1 aliphatic carbocycles. The normalized spacial score (nSPS) is 24.7. The highest BCUT2D eigenvalue weighted by molar-refractivity contribution is 7.12. The molecule has 0 aromatic carbocycles. The van der Waals surface area contributed by atoms with Crippen LogP contribution in [0.3, 0.4) is 0 Å². The van der Waals surface area contributed by atoms with Gasteiger partial charge in [-0.2, -0.15) is 0 Å². The molecule has 7 heteroatoms. The average Bonchev–Trinajstić information content (AvgIpc) is 3.41. The fraction of sp³-hybridized carbons (Fsp3) is 0.727. The molecule has 160 valence electrons. The Bertz CT molecular complexity index is 681. The van der Waals surface area contributed by atoms with E-state index in [1.54, 1.807) is 0 Å². The van der Waals surface area contributed by atoms with Crippen molar-refractivity contribution in [2.75, 3.05) is 52.5 Å². The van der Waals surface area contributed by atoms with Crippen molar-refractivity contribution in [3.63, 3.8) is 0 Å². The Morgan fingerprint density at radius 3 is 2.72 bits per heavy atom. The third-order valence-electron chi connectivity index (χ3n) is 6.89. The number of likely N-dealkylation sites (tertiary alicyclic amines) is 1. The van der Waals surface area contributed by atoms with Crippen molar-refractivity contribution < 1.29 is 14.3 Å². The van der Waals surface area contributed by atoms with Crippen molar-refractivity contribution in [1.82, 2.24) is 15.1 Å². The molecule has 3 heterocycles. The van der Waals surface area contributed by atoms with Gasteiger partial charge in [-0.25, -0.2) is 0 Å². The fourth-order valence-corrected chi connectivity index (χ4v) is 5.96. The Morgan fingerprint density at radius 2 is 2.00 bits per heavy atom. The Hall–Kier alpha value is -1.44. The van der Waals surface area contributed by atoms with Gasteiger partial charge in [0.2, 0.25) is 5.91 Å². The van der Waals surface area contributed by atoms with Crippen LogP contribution in [0.25, 0.3) is 0 Å². The number of carbonyl (C=O) groups excluding carboxylic acids is 2. The fourth-order valence-electron chi connectivity index (χ4n) is 5.27. The second-order valence-corrected chi connectivity index (χ2v) is 9.68. The lowest BCUT2D eigenvalue weighted by Crippen LogP contribution is -2.43. The highest BCUT2D eigenvalue weighted by Crippen LogP contribution is 2.48. The van der Waals surface area contributed by atoms with Crippen molar-refractivity contribution in [2.24, 2.45) is 11.3 Å². The first kappa shape index (κ1) is 20.8. The SMILES string of the molecule is O=C(NCCCN1CCOCC1)[C@@H]1CN(C(=O)c2cccs2)CC12CCCCC2. The molecule has 1 atom stereocenters. The van der Waals surface area contributed by atoms with Crippen LogP contribution in [0.4, 0.5) is 0 Å². The van der Waals surface area contributed by atoms with Gasteiger partial charge in [0.25, 0.3) is 5.91 Å². The molecule has 29 heavy (non-hydrogen) atoms. The number of nitrogens with one attached hydrogen (secondary N) is 1. The lowest BCUT2D eigenvalue weighted by Gasteiger charge is -2.37. The molecule has 0 radical (unpaired) electrons. The number of amides is 2. The van der Waals surface area contributed by atoms with Crippen molar-refractivity contribution in [1.29, 1.82) is 0 Å². The molecule has 2 saturated heterocycles. The van der Waals surface area contributed by atoms with Crippen LogP contribution in [0.15, 0.2) is 17.5 Å². The lowest BCUT2D eigenvalue weighted by atomic mass is 9.67. The zero-order valence-electron chi connectivity index (χ0n) is 17.2. The first-order valence-electron chi connectivity index (χ1n) is 11.1. The summed E-state index contributed by atoms with van der Waals surface area (Å²) in [5, 5.41) is 5.14. The summed E-state index contributed by atoms with van der Waals surface area (Å²) in [6.07, 6.45) is 6.67. The molecule has 2 amide bonds. The van der Waals surface area contributed by atoms with Gasteiger partial charge in [-0.05, 0) is 37.3 Å². The minimum Gasteiger partial charge on any atom is -0.379 e. The number of thiophene rings is 1. The Labute approximate surface area is 177 Å². The van der Waals surface area contributed by atoms with Gasteiger partial charge in [-0.3, -0.25) is 14.5 Å². The van der Waals surface area contributed by atoms with E-state index in [1.807, 2.05) is 22.4 Å². The van der Waals surface area contributed by atoms with Crippen molar-refractivity contribution in [2.45, 2.75) is 38.5 Å². The number of ether oxygens (including phenoxy) is 1. The van der Waals surface area contributed by atoms with Crippen LogP contribution >= 0.6 is 11.3 Å². The van der Waals surface area contributed by atoms with Gasteiger partial charge in [-0.15, -0.1) is 11.3 Å². The number of hydrogen-bond donors (Lipinski definition) is 1. The quantitative estimate of drug-likeness (QED) is 0.720. The van der Waals surface area contributed by atoms with E-state index in [-0.39, 0.29) is 23.1 Å². The lowest BCUT2D eigenvalue weighted by molar-refractivity contribution is -0.128. The molecule has 0 unspecified atom stereocenters. The molecule has 3 aliphatic rings. The number of carbonyl (C=O) groups is 2. The first-order valence-corrected chi connectivity index (χ1v) is 12.0. The van der Waals surface area contributed by atoms with E-state index in [1.165, 1.54) is 30.6 Å². The van der Waals surface area contributed by atoms with Crippen molar-refractivity contribution in [3.8, 4) is 0 Å². The maximum atomic E-state index is 13.1. The highest BCUT2D eigenvalue weighted by atomic mass is 32.1. The molecular formula is C22H33N3O3S. The summed E-state index contributed by atoms with van der Waals surface area (Å²) < 4.78 is 5.39. The van der Waals surface area contributed by atoms with Crippen LogP contribution in [-0.4, -0.2) is 74.1 Å². The second-order valence-electron chi connectivity index (χ2n) is 8.74. The second kappa shape index (κ2) is 9.58. The average molecular weight is 420 g/mol. The van der Waals surface area contributed by atoms with Gasteiger partial charge in [-0.1, -0.05) is 25.3 Å². The summed E-state index contributed by atoms with van der Waals surface area (Å²) in [5.41, 5.74) is -0.0283. The first-order chi connectivity index (χ1) is 14.2. The van der Waals surface area contributed by atoms with Gasteiger partial charge < -0.3 is 15.0 Å². The zero-order valence-corrected chi connectivity index (χ0v) is 18.1. The topological polar surface area (TPSA) is 61.9 Å². The van der Waals surface area contributed by atoms with Crippen molar-refractivity contribution in [3.05, 3.63) is 22.4 Å². The number of nitrogens with zero attached hydrogens (tertiary/aromatic N) is 2. The smallest absolute Gasteiger partial charge is 0.263 e. The van der Waals surface area contributed by atoms with Crippen LogP contribution in [0.1, 0.15) is 48.2 Å². The van der Waals surface area contributed by atoms with E-state index in [4.69, 9.17) is 4.74 Å². The number of morpholine rings is 1. The van der Waals surface area contributed by atoms with E-state index in [0.29, 0.717) is 13.1 Å². The van der Waals surface area contributed by atoms with Crippen LogP contribution in [0, 0.1) is 11.3 Å². The Morgan fingerprint density at radius 1 is 1.21 bits per heavy atom. The maximum Gasteiger partial charge on any atom is 0.263 e. The Balaban J connectivity index is 1.34. The molecule has 1 N–H and O–H groups in total. The predicted octanol–water partition coefficient (Wildman–Crippen LogP) is 2.61. The molecule has 2 aliphatic heterocycles. The minimum atomic E-state index is -0.0740.